The number of benzene rings is 1. The van der Waals surface area contributed by atoms with Crippen LogP contribution in [-0.4, -0.2) is 41.1 Å². The Morgan fingerprint density at radius 1 is 1.16 bits per heavy atom. The van der Waals surface area contributed by atoms with Crippen LogP contribution in [0.1, 0.15) is 18.4 Å². The Hall–Kier alpha value is -2.33. The van der Waals surface area contributed by atoms with Crippen molar-refractivity contribution in [3.8, 4) is 11.3 Å². The first kappa shape index (κ1) is 20.6. The third-order valence-corrected chi connectivity index (χ3v) is 7.22. The summed E-state index contributed by atoms with van der Waals surface area (Å²) in [5, 5.41) is 10.4. The molecule has 6 nitrogen and oxygen atoms in total. The number of rotatable bonds is 4. The standard InChI is InChI=1S/C21H22BrF3N6/c1-26-16-3-2-13-14(8-28-19(13)17(16)22)18-15(21(23,24)25)9-29-20(31-18)30-12-4-10-6-27-7-11(10)5-12/h2-3,8-12,26-28H,4-7H2,1H3,(H,29,30,31). The maximum absolute atomic E-state index is 13.8. The van der Waals surface area contributed by atoms with Crippen molar-refractivity contribution in [2.75, 3.05) is 30.8 Å². The van der Waals surface area contributed by atoms with E-state index in [1.54, 1.807) is 19.3 Å². The lowest BCUT2D eigenvalue weighted by Gasteiger charge is -2.17. The molecule has 31 heavy (non-hydrogen) atoms. The minimum Gasteiger partial charge on any atom is -0.387 e. The van der Waals surface area contributed by atoms with E-state index in [9.17, 15) is 13.2 Å². The molecule has 1 aliphatic heterocycles. The van der Waals surface area contributed by atoms with Gasteiger partial charge in [0.2, 0.25) is 5.95 Å². The second-order valence-corrected chi connectivity index (χ2v) is 9.04. The van der Waals surface area contributed by atoms with Gasteiger partial charge < -0.3 is 20.9 Å². The molecule has 1 saturated heterocycles. The van der Waals surface area contributed by atoms with Crippen molar-refractivity contribution >= 4 is 38.5 Å². The molecule has 1 aliphatic carbocycles. The number of aromatic nitrogens is 3. The van der Waals surface area contributed by atoms with Crippen LogP contribution in [0.15, 0.2) is 29.0 Å². The van der Waals surface area contributed by atoms with Gasteiger partial charge in [0.25, 0.3) is 0 Å². The Kier molecular flexibility index (Phi) is 5.09. The topological polar surface area (TPSA) is 77.7 Å². The van der Waals surface area contributed by atoms with E-state index in [1.807, 2.05) is 6.07 Å². The first-order chi connectivity index (χ1) is 14.8. The van der Waals surface area contributed by atoms with E-state index in [1.165, 1.54) is 0 Å². The quantitative estimate of drug-likeness (QED) is 0.416. The molecule has 0 spiro atoms. The van der Waals surface area contributed by atoms with E-state index in [-0.39, 0.29) is 17.7 Å². The highest BCUT2D eigenvalue weighted by Gasteiger charge is 2.39. The highest BCUT2D eigenvalue weighted by atomic mass is 79.9. The monoisotopic (exact) mass is 494 g/mol. The molecule has 2 unspecified atom stereocenters. The number of hydrogen-bond acceptors (Lipinski definition) is 5. The molecule has 5 rings (SSSR count). The van der Waals surface area contributed by atoms with E-state index in [2.05, 4.69) is 46.8 Å². The number of nitrogens with zero attached hydrogens (tertiary/aromatic N) is 2. The van der Waals surface area contributed by atoms with Gasteiger partial charge in [-0.1, -0.05) is 6.07 Å². The zero-order chi connectivity index (χ0) is 21.8. The molecule has 164 valence electrons. The maximum Gasteiger partial charge on any atom is 0.419 e. The third kappa shape index (κ3) is 3.65. The first-order valence-electron chi connectivity index (χ1n) is 10.2. The highest BCUT2D eigenvalue weighted by molar-refractivity contribution is 9.10. The lowest BCUT2D eigenvalue weighted by Crippen LogP contribution is -2.22. The summed E-state index contributed by atoms with van der Waals surface area (Å²) in [5.74, 6) is 1.46. The lowest BCUT2D eigenvalue weighted by atomic mass is 10.0. The summed E-state index contributed by atoms with van der Waals surface area (Å²) in [4.78, 5) is 11.4. The molecule has 0 radical (unpaired) electrons. The third-order valence-electron chi connectivity index (χ3n) is 6.40. The lowest BCUT2D eigenvalue weighted by molar-refractivity contribution is -0.137. The molecule has 4 N–H and O–H groups in total. The maximum atomic E-state index is 13.8. The molecule has 0 amide bonds. The molecule has 2 aromatic heterocycles. The van der Waals surface area contributed by atoms with E-state index in [0.717, 1.165) is 42.3 Å². The van der Waals surface area contributed by atoms with Crippen LogP contribution >= 0.6 is 15.9 Å². The van der Waals surface area contributed by atoms with Crippen molar-refractivity contribution < 1.29 is 13.2 Å². The Bertz CT molecular complexity index is 1120. The van der Waals surface area contributed by atoms with E-state index in [0.29, 0.717) is 28.3 Å². The summed E-state index contributed by atoms with van der Waals surface area (Å²) in [5.41, 5.74) is 0.964. The largest absolute Gasteiger partial charge is 0.419 e. The average Bonchev–Trinajstić information content (AvgIpc) is 3.42. The Labute approximate surface area is 185 Å². The van der Waals surface area contributed by atoms with Crippen LogP contribution in [0.5, 0.6) is 0 Å². The molecule has 2 fully saturated rings. The minimum atomic E-state index is -4.56. The Morgan fingerprint density at radius 2 is 1.90 bits per heavy atom. The molecular weight excluding hydrogens is 473 g/mol. The van der Waals surface area contributed by atoms with Crippen molar-refractivity contribution in [2.24, 2.45) is 11.8 Å². The summed E-state index contributed by atoms with van der Waals surface area (Å²) in [7, 11) is 1.78. The number of fused-ring (bicyclic) bond motifs is 2. The van der Waals surface area contributed by atoms with Gasteiger partial charge in [-0.25, -0.2) is 9.97 Å². The average molecular weight is 495 g/mol. The molecule has 1 aromatic carbocycles. The van der Waals surface area contributed by atoms with Crippen molar-refractivity contribution in [3.63, 3.8) is 0 Å². The number of hydrogen-bond donors (Lipinski definition) is 4. The number of anilines is 2. The van der Waals surface area contributed by atoms with Crippen molar-refractivity contribution in [1.82, 2.24) is 20.3 Å². The second kappa shape index (κ2) is 7.67. The Balaban J connectivity index is 1.54. The van der Waals surface area contributed by atoms with Crippen molar-refractivity contribution in [3.05, 3.63) is 34.6 Å². The van der Waals surface area contributed by atoms with Crippen LogP contribution in [-0.2, 0) is 6.18 Å². The summed E-state index contributed by atoms with van der Waals surface area (Å²) >= 11 is 3.52. The number of alkyl halides is 3. The van der Waals surface area contributed by atoms with Crippen LogP contribution in [0.3, 0.4) is 0 Å². The van der Waals surface area contributed by atoms with Gasteiger partial charge in [0.05, 0.1) is 21.4 Å². The number of H-pyrrole nitrogens is 1. The zero-order valence-corrected chi connectivity index (χ0v) is 18.4. The summed E-state index contributed by atoms with van der Waals surface area (Å²) in [6.45, 7) is 2.00. The molecule has 0 bridgehead atoms. The van der Waals surface area contributed by atoms with Crippen LogP contribution in [0, 0.1) is 11.8 Å². The van der Waals surface area contributed by atoms with Crippen molar-refractivity contribution in [1.29, 1.82) is 0 Å². The molecule has 10 heteroatoms. The fraction of sp³-hybridized carbons (Fsp3) is 0.429. The van der Waals surface area contributed by atoms with E-state index in [4.69, 9.17) is 0 Å². The number of halogens is 4. The molecule has 2 aliphatic rings. The van der Waals surface area contributed by atoms with Gasteiger partial charge in [-0.15, -0.1) is 0 Å². The van der Waals surface area contributed by atoms with Gasteiger partial charge in [-0.05, 0) is 59.8 Å². The van der Waals surface area contributed by atoms with Gasteiger partial charge in [-0.2, -0.15) is 13.2 Å². The summed E-state index contributed by atoms with van der Waals surface area (Å²) < 4.78 is 42.1. The smallest absolute Gasteiger partial charge is 0.387 e. The van der Waals surface area contributed by atoms with Gasteiger partial charge in [0, 0.05) is 36.4 Å². The molecule has 3 heterocycles. The predicted molar refractivity (Wildman–Crippen MR) is 118 cm³/mol. The second-order valence-electron chi connectivity index (χ2n) is 8.25. The fourth-order valence-corrected chi connectivity index (χ4v) is 5.54. The summed E-state index contributed by atoms with van der Waals surface area (Å²) in [6, 6.07) is 3.79. The van der Waals surface area contributed by atoms with Gasteiger partial charge in [-0.3, -0.25) is 0 Å². The van der Waals surface area contributed by atoms with Crippen LogP contribution in [0.25, 0.3) is 22.2 Å². The van der Waals surface area contributed by atoms with Gasteiger partial charge in [0.15, 0.2) is 0 Å². The summed E-state index contributed by atoms with van der Waals surface area (Å²) in [6.07, 6.45) is -0.149. The van der Waals surface area contributed by atoms with Crippen LogP contribution in [0.4, 0.5) is 24.8 Å². The molecule has 2 atom stereocenters. The van der Waals surface area contributed by atoms with Crippen LogP contribution in [0.2, 0.25) is 0 Å². The van der Waals surface area contributed by atoms with Crippen LogP contribution < -0.4 is 16.0 Å². The van der Waals surface area contributed by atoms with E-state index < -0.39 is 11.7 Å². The van der Waals surface area contributed by atoms with Crippen molar-refractivity contribution in [2.45, 2.75) is 25.1 Å². The zero-order valence-electron chi connectivity index (χ0n) is 16.8. The Morgan fingerprint density at radius 3 is 2.58 bits per heavy atom. The molecular formula is C21H22BrF3N6. The fourth-order valence-electron chi connectivity index (χ4n) is 4.88. The van der Waals surface area contributed by atoms with E-state index >= 15 is 0 Å². The first-order valence-corrected chi connectivity index (χ1v) is 11.0. The number of aromatic amines is 1. The normalized spacial score (nSPS) is 23.3. The molecule has 1 saturated carbocycles. The van der Waals surface area contributed by atoms with Gasteiger partial charge in [0.1, 0.15) is 5.56 Å². The van der Waals surface area contributed by atoms with Gasteiger partial charge >= 0.3 is 6.18 Å². The highest BCUT2D eigenvalue weighted by Crippen LogP contribution is 2.41. The SMILES string of the molecule is CNc1ccc2c(-c3nc(NC4CC5CNCC5C4)ncc3C(F)(F)F)c[nH]c2c1Br. The predicted octanol–water partition coefficient (Wildman–Crippen LogP) is 4.86. The number of nitrogens with one attached hydrogen (secondary N) is 4. The minimum absolute atomic E-state index is 0.125. The molecule has 3 aromatic rings.